The van der Waals surface area contributed by atoms with Crippen molar-refractivity contribution in [1.82, 2.24) is 0 Å². The Balaban J connectivity index is -0.000000360. The molecule has 0 N–H and O–H groups in total. The van der Waals surface area contributed by atoms with Gasteiger partial charge < -0.3 is 37.2 Å². The van der Waals surface area contributed by atoms with E-state index in [0.717, 1.165) is 0 Å². The number of rotatable bonds is 0. The summed E-state index contributed by atoms with van der Waals surface area (Å²) in [6.07, 6.45) is 0. The van der Waals surface area contributed by atoms with E-state index in [1.165, 1.54) is 21.9 Å². The van der Waals surface area contributed by atoms with Gasteiger partial charge in [-0.3, -0.25) is 0 Å². The third-order valence-corrected chi connectivity index (χ3v) is 2.10. The van der Waals surface area contributed by atoms with Gasteiger partial charge in [-0.1, -0.05) is 17.2 Å². The molecule has 15 heavy (non-hydrogen) atoms. The molecule has 2 aromatic rings. The van der Waals surface area contributed by atoms with Crippen LogP contribution in [0.5, 0.6) is 0 Å². The number of hydrogen-bond donors (Lipinski definition) is 0. The van der Waals surface area contributed by atoms with Crippen molar-refractivity contribution >= 4 is 10.8 Å². The normalized spacial score (nSPS) is 7.87. The van der Waals surface area contributed by atoms with Gasteiger partial charge in [-0.2, -0.15) is 12.1 Å². The molecule has 0 bridgehead atoms. The van der Waals surface area contributed by atoms with Crippen LogP contribution in [-0.4, -0.2) is 0 Å². The van der Waals surface area contributed by atoms with Crippen molar-refractivity contribution in [2.24, 2.45) is 0 Å². The minimum atomic E-state index is 0. The molecule has 0 nitrogen and oxygen atoms in total. The second-order valence-electron chi connectivity index (χ2n) is 3.11. The second-order valence-corrected chi connectivity index (χ2v) is 3.11. The largest absolute Gasteiger partial charge is 4.00 e. The van der Waals surface area contributed by atoms with Crippen molar-refractivity contribution in [3.05, 3.63) is 41.5 Å². The molecule has 0 saturated heterocycles. The van der Waals surface area contributed by atoms with Crippen LogP contribution >= 0.6 is 0 Å². The van der Waals surface area contributed by atoms with Gasteiger partial charge >= 0.3 is 21.7 Å². The van der Waals surface area contributed by atoms with Gasteiger partial charge in [0, 0.05) is 0 Å². The Morgan fingerprint density at radius 1 is 1.00 bits per heavy atom. The van der Waals surface area contributed by atoms with E-state index in [4.69, 9.17) is 0 Å². The summed E-state index contributed by atoms with van der Waals surface area (Å²) in [4.78, 5) is 0. The van der Waals surface area contributed by atoms with Crippen molar-refractivity contribution in [3.8, 4) is 0 Å². The molecule has 0 aliphatic carbocycles. The Kier molecular flexibility index (Phi) is 11.8. The van der Waals surface area contributed by atoms with Crippen molar-refractivity contribution < 1.29 is 58.9 Å². The molecule has 0 aromatic heterocycles. The Morgan fingerprint density at radius 3 is 2.20 bits per heavy atom. The van der Waals surface area contributed by atoms with Gasteiger partial charge in [0.25, 0.3) is 0 Å². The van der Waals surface area contributed by atoms with E-state index in [9.17, 15) is 0 Å². The smallest absolute Gasteiger partial charge is 1.00 e. The average molecular weight is 297 g/mol. The molecular formula is C11H11Cl3Ti. The van der Waals surface area contributed by atoms with Crippen LogP contribution < -0.4 is 37.2 Å². The fourth-order valence-corrected chi connectivity index (χ4v) is 1.63. The SMILES string of the molecule is Cc1cc(C)c2cc[cH-]c2c1.[Cl-].[Cl-].[Cl-].[Ti+4]. The zero-order valence-corrected chi connectivity index (χ0v) is 12.3. The monoisotopic (exact) mass is 296 g/mol. The van der Waals surface area contributed by atoms with Crippen LogP contribution in [0.25, 0.3) is 10.8 Å². The first-order chi connectivity index (χ1) is 5.27. The van der Waals surface area contributed by atoms with Gasteiger partial charge in [0.05, 0.1) is 0 Å². The molecular weight excluding hydrogens is 286 g/mol. The molecule has 0 unspecified atom stereocenters. The van der Waals surface area contributed by atoms with E-state index in [2.05, 4.69) is 44.2 Å². The van der Waals surface area contributed by atoms with Crippen LogP contribution in [0.1, 0.15) is 11.1 Å². The molecule has 0 saturated carbocycles. The summed E-state index contributed by atoms with van der Waals surface area (Å²) in [6.45, 7) is 4.30. The summed E-state index contributed by atoms with van der Waals surface area (Å²) in [5.74, 6) is 0. The Hall–Kier alpha value is 0.414. The van der Waals surface area contributed by atoms with Gasteiger partial charge in [-0.05, 0) is 13.8 Å². The fraction of sp³-hybridized carbons (Fsp3) is 0.182. The second kappa shape index (κ2) is 8.55. The molecule has 4 heteroatoms. The van der Waals surface area contributed by atoms with Crippen molar-refractivity contribution in [1.29, 1.82) is 0 Å². The summed E-state index contributed by atoms with van der Waals surface area (Å²) < 4.78 is 0. The summed E-state index contributed by atoms with van der Waals surface area (Å²) in [5.41, 5.74) is 2.73. The van der Waals surface area contributed by atoms with Crippen LogP contribution in [0, 0.1) is 13.8 Å². The molecule has 0 fully saturated rings. The molecule has 0 spiro atoms. The number of benzene rings is 1. The Labute approximate surface area is 124 Å². The van der Waals surface area contributed by atoms with Crippen LogP contribution in [-0.2, 0) is 21.7 Å². The third-order valence-electron chi connectivity index (χ3n) is 2.10. The Bertz CT molecular complexity index is 396. The molecule has 2 aromatic carbocycles. The molecule has 0 radical (unpaired) electrons. The van der Waals surface area contributed by atoms with Crippen LogP contribution in [0.2, 0.25) is 0 Å². The number of fused-ring (bicyclic) bond motifs is 1. The Morgan fingerprint density at radius 2 is 1.60 bits per heavy atom. The molecule has 2 rings (SSSR count). The maximum Gasteiger partial charge on any atom is 4.00 e. The summed E-state index contributed by atoms with van der Waals surface area (Å²) >= 11 is 0. The molecule has 0 aliphatic heterocycles. The fourth-order valence-electron chi connectivity index (χ4n) is 1.63. The maximum absolute atomic E-state index is 2.22. The standard InChI is InChI=1S/C11H11.3ClH.Ti/c1-8-6-9(2)11-5-3-4-10(11)7-8;;;;/h3-7H,1-2H3;3*1H;/q-1;;;;+4/p-3. The summed E-state index contributed by atoms with van der Waals surface area (Å²) in [6, 6.07) is 10.9. The van der Waals surface area contributed by atoms with Crippen molar-refractivity contribution in [2.75, 3.05) is 0 Å². The summed E-state index contributed by atoms with van der Waals surface area (Å²) in [5, 5.41) is 2.75. The summed E-state index contributed by atoms with van der Waals surface area (Å²) in [7, 11) is 0. The van der Waals surface area contributed by atoms with Gasteiger partial charge in [-0.15, -0.1) is 22.9 Å². The first-order valence-corrected chi connectivity index (χ1v) is 3.90. The van der Waals surface area contributed by atoms with Gasteiger partial charge in [0.2, 0.25) is 0 Å². The van der Waals surface area contributed by atoms with E-state index >= 15 is 0 Å². The zero-order chi connectivity index (χ0) is 7.84. The first-order valence-electron chi connectivity index (χ1n) is 3.90. The van der Waals surface area contributed by atoms with Gasteiger partial charge in [-0.25, -0.2) is 0 Å². The van der Waals surface area contributed by atoms with Gasteiger partial charge in [0.1, 0.15) is 0 Å². The molecule has 0 heterocycles. The minimum absolute atomic E-state index is 0. The number of hydrogen-bond acceptors (Lipinski definition) is 0. The van der Waals surface area contributed by atoms with Crippen LogP contribution in [0.4, 0.5) is 0 Å². The maximum atomic E-state index is 2.22. The third kappa shape index (κ3) is 4.42. The predicted molar refractivity (Wildman–Crippen MR) is 49.0 cm³/mol. The first kappa shape index (κ1) is 20.8. The minimum Gasteiger partial charge on any atom is -1.00 e. The number of aryl methyl sites for hydroxylation is 2. The van der Waals surface area contributed by atoms with E-state index in [0.29, 0.717) is 0 Å². The van der Waals surface area contributed by atoms with E-state index in [1.54, 1.807) is 0 Å². The molecule has 0 aliphatic rings. The zero-order valence-electron chi connectivity index (χ0n) is 8.52. The quantitative estimate of drug-likeness (QED) is 0.336. The van der Waals surface area contributed by atoms with Gasteiger partial charge in [0.15, 0.2) is 0 Å². The van der Waals surface area contributed by atoms with Crippen molar-refractivity contribution in [2.45, 2.75) is 13.8 Å². The van der Waals surface area contributed by atoms with Crippen LogP contribution in [0.15, 0.2) is 30.3 Å². The molecule has 0 atom stereocenters. The topological polar surface area (TPSA) is 0 Å². The molecule has 80 valence electrons. The van der Waals surface area contributed by atoms with E-state index in [1.807, 2.05) is 0 Å². The molecule has 0 amide bonds. The number of halogens is 3. The van der Waals surface area contributed by atoms with E-state index in [-0.39, 0.29) is 58.9 Å². The van der Waals surface area contributed by atoms with Crippen molar-refractivity contribution in [3.63, 3.8) is 0 Å². The van der Waals surface area contributed by atoms with E-state index < -0.39 is 0 Å². The predicted octanol–water partition coefficient (Wildman–Crippen LogP) is -5.81. The average Bonchev–Trinajstić information content (AvgIpc) is 2.34. The van der Waals surface area contributed by atoms with Crippen LogP contribution in [0.3, 0.4) is 0 Å².